The molecule has 1 atom stereocenters. The van der Waals surface area contributed by atoms with Gasteiger partial charge in [0.05, 0.1) is 5.25 Å². The molecule has 1 fully saturated rings. The van der Waals surface area contributed by atoms with Crippen LogP contribution in [0.5, 0.6) is 0 Å². The number of carbonyl (C=O) groups is 3. The van der Waals surface area contributed by atoms with Gasteiger partial charge in [0.25, 0.3) is 0 Å². The van der Waals surface area contributed by atoms with Gasteiger partial charge in [-0.05, 0) is 11.8 Å². The van der Waals surface area contributed by atoms with Crippen molar-refractivity contribution in [2.24, 2.45) is 5.41 Å². The summed E-state index contributed by atoms with van der Waals surface area (Å²) in [6.45, 7) is 12.6. The van der Waals surface area contributed by atoms with E-state index in [1.54, 1.807) is 11.8 Å². The molecular formula is C17H29NO3S. The normalized spacial score (nSPS) is 19.9. The molecule has 2 amide bonds. The SMILES string of the molecule is CC(C)(C)CC(=O)CCCN1C(=O)CC(SC(C)(C)C)C1=O. The molecule has 0 aromatic rings. The fraction of sp³-hybridized carbons (Fsp3) is 0.824. The third kappa shape index (κ3) is 6.51. The van der Waals surface area contributed by atoms with E-state index in [2.05, 4.69) is 0 Å². The highest BCUT2D eigenvalue weighted by Crippen LogP contribution is 2.34. The molecule has 4 nitrogen and oxygen atoms in total. The molecule has 0 aliphatic carbocycles. The van der Waals surface area contributed by atoms with Crippen molar-refractivity contribution in [3.05, 3.63) is 0 Å². The van der Waals surface area contributed by atoms with Crippen molar-refractivity contribution in [1.82, 2.24) is 4.90 Å². The first-order chi connectivity index (χ1) is 9.89. The summed E-state index contributed by atoms with van der Waals surface area (Å²) in [6, 6.07) is 0. The summed E-state index contributed by atoms with van der Waals surface area (Å²) in [6.07, 6.45) is 1.83. The Morgan fingerprint density at radius 1 is 1.18 bits per heavy atom. The van der Waals surface area contributed by atoms with E-state index in [1.807, 2.05) is 41.5 Å². The third-order valence-corrected chi connectivity index (χ3v) is 4.62. The summed E-state index contributed by atoms with van der Waals surface area (Å²) in [7, 11) is 0. The standard InChI is InChI=1S/C17H29NO3S/c1-16(2,3)11-12(19)8-7-9-18-14(20)10-13(15(18)21)22-17(4,5)6/h13H,7-11H2,1-6H3. The van der Waals surface area contributed by atoms with E-state index in [4.69, 9.17) is 0 Å². The highest BCUT2D eigenvalue weighted by atomic mass is 32.2. The molecule has 5 heteroatoms. The Balaban J connectivity index is 2.45. The van der Waals surface area contributed by atoms with Crippen LogP contribution in [0.3, 0.4) is 0 Å². The van der Waals surface area contributed by atoms with Gasteiger partial charge in [-0.2, -0.15) is 0 Å². The van der Waals surface area contributed by atoms with Crippen molar-refractivity contribution in [2.45, 2.75) is 77.2 Å². The van der Waals surface area contributed by atoms with Gasteiger partial charge >= 0.3 is 0 Å². The van der Waals surface area contributed by atoms with Crippen molar-refractivity contribution < 1.29 is 14.4 Å². The molecular weight excluding hydrogens is 298 g/mol. The number of thioether (sulfide) groups is 1. The number of Topliss-reactive ketones (excluding diaryl/α,β-unsaturated/α-hetero) is 1. The largest absolute Gasteiger partial charge is 0.300 e. The minimum absolute atomic E-state index is 0.00912. The Bertz CT molecular complexity index is 446. The maximum atomic E-state index is 12.3. The number of hydrogen-bond acceptors (Lipinski definition) is 4. The summed E-state index contributed by atoms with van der Waals surface area (Å²) in [5.41, 5.74) is -0.00912. The minimum atomic E-state index is -0.266. The van der Waals surface area contributed by atoms with Gasteiger partial charge in [0.2, 0.25) is 11.8 Å². The average Bonchev–Trinajstić information content (AvgIpc) is 2.51. The van der Waals surface area contributed by atoms with Gasteiger partial charge in [-0.1, -0.05) is 41.5 Å². The number of rotatable bonds is 6. The predicted octanol–water partition coefficient (Wildman–Crippen LogP) is 3.43. The molecule has 126 valence electrons. The molecule has 0 saturated carbocycles. The zero-order chi connectivity index (χ0) is 17.1. The second-order valence-corrected chi connectivity index (χ2v) is 10.2. The highest BCUT2D eigenvalue weighted by Gasteiger charge is 2.40. The van der Waals surface area contributed by atoms with Gasteiger partial charge in [-0.15, -0.1) is 11.8 Å². The first-order valence-electron chi connectivity index (χ1n) is 7.93. The molecule has 22 heavy (non-hydrogen) atoms. The van der Waals surface area contributed by atoms with Crippen LogP contribution < -0.4 is 0 Å². The summed E-state index contributed by atoms with van der Waals surface area (Å²) >= 11 is 1.55. The molecule has 0 spiro atoms. The summed E-state index contributed by atoms with van der Waals surface area (Å²) in [5.74, 6) is 0.00965. The third-order valence-electron chi connectivity index (χ3n) is 3.26. The minimum Gasteiger partial charge on any atom is -0.300 e. The molecule has 1 aliphatic heterocycles. The molecule has 1 unspecified atom stereocenters. The Morgan fingerprint density at radius 2 is 1.77 bits per heavy atom. The number of amides is 2. The molecule has 0 aromatic carbocycles. The molecule has 0 radical (unpaired) electrons. The topological polar surface area (TPSA) is 54.5 Å². The second kappa shape index (κ2) is 7.16. The quantitative estimate of drug-likeness (QED) is 0.701. The van der Waals surface area contributed by atoms with E-state index in [9.17, 15) is 14.4 Å². The first-order valence-corrected chi connectivity index (χ1v) is 8.81. The maximum Gasteiger partial charge on any atom is 0.242 e. The van der Waals surface area contributed by atoms with Gasteiger partial charge in [0.1, 0.15) is 5.78 Å². The lowest BCUT2D eigenvalue weighted by atomic mass is 9.89. The maximum absolute atomic E-state index is 12.3. The fourth-order valence-corrected chi connectivity index (χ4v) is 3.83. The second-order valence-electron chi connectivity index (χ2n) is 8.19. The van der Waals surface area contributed by atoms with Gasteiger partial charge in [-0.3, -0.25) is 19.3 Å². The summed E-state index contributed by atoms with van der Waals surface area (Å²) in [4.78, 5) is 37.5. The first kappa shape index (κ1) is 19.2. The van der Waals surface area contributed by atoms with Gasteiger partial charge in [0, 0.05) is 30.6 Å². The van der Waals surface area contributed by atoms with E-state index >= 15 is 0 Å². The van der Waals surface area contributed by atoms with Crippen LogP contribution in [0.1, 0.15) is 67.2 Å². The van der Waals surface area contributed by atoms with Crippen LogP contribution in [0, 0.1) is 5.41 Å². The van der Waals surface area contributed by atoms with Gasteiger partial charge in [0.15, 0.2) is 0 Å². The van der Waals surface area contributed by atoms with E-state index in [-0.39, 0.29) is 39.4 Å². The predicted molar refractivity (Wildman–Crippen MR) is 90.8 cm³/mol. The number of nitrogens with zero attached hydrogens (tertiary/aromatic N) is 1. The number of hydrogen-bond donors (Lipinski definition) is 0. The van der Waals surface area contributed by atoms with Crippen LogP contribution in [-0.2, 0) is 14.4 Å². The van der Waals surface area contributed by atoms with Crippen LogP contribution in [-0.4, -0.2) is 39.0 Å². The van der Waals surface area contributed by atoms with Gasteiger partial charge < -0.3 is 0 Å². The Kier molecular flexibility index (Phi) is 6.25. The molecule has 1 saturated heterocycles. The van der Waals surface area contributed by atoms with Crippen LogP contribution in [0.4, 0.5) is 0 Å². The van der Waals surface area contributed by atoms with Crippen LogP contribution >= 0.6 is 11.8 Å². The Hall–Kier alpha value is -0.840. The molecule has 1 rings (SSSR count). The average molecular weight is 327 g/mol. The lowest BCUT2D eigenvalue weighted by Crippen LogP contribution is -2.33. The number of likely N-dealkylation sites (tertiary alicyclic amines) is 1. The zero-order valence-corrected chi connectivity index (χ0v) is 15.5. The van der Waals surface area contributed by atoms with Crippen molar-refractivity contribution in [3.63, 3.8) is 0 Å². The Labute approximate surface area is 138 Å². The summed E-state index contributed by atoms with van der Waals surface area (Å²) < 4.78 is -0.0424. The van der Waals surface area contributed by atoms with Crippen LogP contribution in [0.2, 0.25) is 0 Å². The lowest BCUT2D eigenvalue weighted by Gasteiger charge is -2.21. The molecule has 1 aliphatic rings. The lowest BCUT2D eigenvalue weighted by molar-refractivity contribution is -0.138. The van der Waals surface area contributed by atoms with E-state index in [1.165, 1.54) is 4.90 Å². The monoisotopic (exact) mass is 327 g/mol. The summed E-state index contributed by atoms with van der Waals surface area (Å²) in [5, 5.41) is -0.266. The highest BCUT2D eigenvalue weighted by molar-refractivity contribution is 8.01. The molecule has 0 N–H and O–H groups in total. The van der Waals surface area contributed by atoms with E-state index < -0.39 is 0 Å². The van der Waals surface area contributed by atoms with Crippen LogP contribution in [0.15, 0.2) is 0 Å². The molecule has 0 bridgehead atoms. The van der Waals surface area contributed by atoms with Gasteiger partial charge in [-0.25, -0.2) is 0 Å². The smallest absolute Gasteiger partial charge is 0.242 e. The van der Waals surface area contributed by atoms with E-state index in [0.717, 1.165) is 0 Å². The number of ketones is 1. The molecule has 1 heterocycles. The van der Waals surface area contributed by atoms with Crippen molar-refractivity contribution in [1.29, 1.82) is 0 Å². The van der Waals surface area contributed by atoms with E-state index in [0.29, 0.717) is 25.8 Å². The Morgan fingerprint density at radius 3 is 2.27 bits per heavy atom. The number of imide groups is 1. The number of carbonyl (C=O) groups excluding carboxylic acids is 3. The van der Waals surface area contributed by atoms with Crippen LogP contribution in [0.25, 0.3) is 0 Å². The fourth-order valence-electron chi connectivity index (χ4n) is 2.52. The van der Waals surface area contributed by atoms with Crippen molar-refractivity contribution in [3.8, 4) is 0 Å². The van der Waals surface area contributed by atoms with Crippen molar-refractivity contribution >= 4 is 29.4 Å². The van der Waals surface area contributed by atoms with Crippen molar-refractivity contribution in [2.75, 3.05) is 6.54 Å². The zero-order valence-electron chi connectivity index (χ0n) is 14.7. The molecule has 0 aromatic heterocycles.